The van der Waals surface area contributed by atoms with Gasteiger partial charge < -0.3 is 4.74 Å². The molecule has 0 saturated carbocycles. The first-order chi connectivity index (χ1) is 12.0. The summed E-state index contributed by atoms with van der Waals surface area (Å²) in [4.78, 5) is 25.1. The number of aromatic nitrogens is 4. The zero-order valence-corrected chi connectivity index (χ0v) is 14.8. The van der Waals surface area contributed by atoms with Crippen molar-refractivity contribution in [3.05, 3.63) is 51.5 Å². The maximum Gasteiger partial charge on any atom is 0.330 e. The fourth-order valence-corrected chi connectivity index (χ4v) is 2.96. The number of carbonyl (C=O) groups is 1. The minimum Gasteiger partial charge on any atom is -0.467 e. The van der Waals surface area contributed by atoms with Crippen molar-refractivity contribution < 1.29 is 9.53 Å². The molecule has 2 heterocycles. The van der Waals surface area contributed by atoms with E-state index in [0.717, 1.165) is 0 Å². The first-order valence-corrected chi connectivity index (χ1v) is 8.16. The van der Waals surface area contributed by atoms with Crippen LogP contribution in [0.2, 0.25) is 5.02 Å². The summed E-state index contributed by atoms with van der Waals surface area (Å²) in [6.07, 6.45) is 1.97. The Kier molecular flexibility index (Phi) is 4.59. The van der Waals surface area contributed by atoms with Gasteiger partial charge in [-0.25, -0.2) is 14.2 Å². The molecule has 3 aromatic rings. The van der Waals surface area contributed by atoms with E-state index in [-0.39, 0.29) is 0 Å². The van der Waals surface area contributed by atoms with Crippen molar-refractivity contribution in [1.82, 2.24) is 19.6 Å². The van der Waals surface area contributed by atoms with Gasteiger partial charge in [-0.2, -0.15) is 10.2 Å². The molecule has 0 radical (unpaired) electrons. The molecule has 0 aliphatic rings. The number of methoxy groups -OCH3 is 1. The first-order valence-electron chi connectivity index (χ1n) is 7.78. The number of esters is 1. The highest BCUT2D eigenvalue weighted by Crippen LogP contribution is 2.21. The molecule has 7 nitrogen and oxygen atoms in total. The Balaban J connectivity index is 2.30. The van der Waals surface area contributed by atoms with Crippen LogP contribution in [0.5, 0.6) is 0 Å². The zero-order valence-electron chi connectivity index (χ0n) is 14.1. The third kappa shape index (κ3) is 2.91. The van der Waals surface area contributed by atoms with Crippen molar-refractivity contribution in [3.63, 3.8) is 0 Å². The van der Waals surface area contributed by atoms with Gasteiger partial charge in [0.15, 0.2) is 6.04 Å². The standard InChI is InChI=1S/C17H17ClN4O3/c1-4-14(17(24)25-3)22-16(23)15-13(10(2)20-22)9-19-21(15)12-7-5-6-11(18)8-12/h5-9,14H,4H2,1-3H3. The lowest BCUT2D eigenvalue weighted by Gasteiger charge is -2.15. The molecule has 0 fully saturated rings. The molecule has 130 valence electrons. The molecule has 1 unspecified atom stereocenters. The van der Waals surface area contributed by atoms with Crippen LogP contribution in [0.3, 0.4) is 0 Å². The average Bonchev–Trinajstić information content (AvgIpc) is 3.05. The summed E-state index contributed by atoms with van der Waals surface area (Å²) in [5, 5.41) is 9.76. The van der Waals surface area contributed by atoms with Crippen LogP contribution < -0.4 is 5.56 Å². The lowest BCUT2D eigenvalue weighted by Crippen LogP contribution is -2.33. The fourth-order valence-electron chi connectivity index (χ4n) is 2.78. The number of ether oxygens (including phenoxy) is 1. The van der Waals surface area contributed by atoms with Crippen molar-refractivity contribution >= 4 is 28.5 Å². The minimum atomic E-state index is -0.789. The van der Waals surface area contributed by atoms with Crippen LogP contribution >= 0.6 is 11.6 Å². The molecule has 0 aliphatic heterocycles. The molecule has 0 saturated heterocycles. The van der Waals surface area contributed by atoms with E-state index in [1.165, 1.54) is 16.5 Å². The molecular weight excluding hydrogens is 344 g/mol. The number of benzene rings is 1. The summed E-state index contributed by atoms with van der Waals surface area (Å²) in [6.45, 7) is 3.57. The van der Waals surface area contributed by atoms with Gasteiger partial charge in [0.05, 0.1) is 24.7 Å². The maximum atomic E-state index is 13.0. The smallest absolute Gasteiger partial charge is 0.330 e. The number of halogens is 1. The maximum absolute atomic E-state index is 13.0. The van der Waals surface area contributed by atoms with E-state index in [1.54, 1.807) is 44.3 Å². The molecule has 1 aromatic carbocycles. The highest BCUT2D eigenvalue weighted by atomic mass is 35.5. The molecule has 0 N–H and O–H groups in total. The Morgan fingerprint density at radius 1 is 1.40 bits per heavy atom. The highest BCUT2D eigenvalue weighted by molar-refractivity contribution is 6.30. The van der Waals surface area contributed by atoms with Crippen molar-refractivity contribution in [2.24, 2.45) is 0 Å². The molecule has 0 amide bonds. The van der Waals surface area contributed by atoms with Crippen molar-refractivity contribution in [2.45, 2.75) is 26.3 Å². The van der Waals surface area contributed by atoms with Crippen molar-refractivity contribution in [3.8, 4) is 5.69 Å². The van der Waals surface area contributed by atoms with Gasteiger partial charge in [-0.05, 0) is 31.5 Å². The molecule has 0 spiro atoms. The van der Waals surface area contributed by atoms with Gasteiger partial charge in [0.2, 0.25) is 0 Å². The Labute approximate surface area is 148 Å². The van der Waals surface area contributed by atoms with Gasteiger partial charge in [-0.15, -0.1) is 0 Å². The lowest BCUT2D eigenvalue weighted by atomic mass is 10.2. The molecule has 3 rings (SSSR count). The molecule has 8 heteroatoms. The fraction of sp³-hybridized carbons (Fsp3) is 0.294. The summed E-state index contributed by atoms with van der Waals surface area (Å²) in [5.74, 6) is -0.510. The number of rotatable bonds is 4. The van der Waals surface area contributed by atoms with E-state index in [1.807, 2.05) is 0 Å². The predicted octanol–water partition coefficient (Wildman–Crippen LogP) is 2.67. The second-order valence-electron chi connectivity index (χ2n) is 5.58. The number of carbonyl (C=O) groups excluding carboxylic acids is 1. The van der Waals surface area contributed by atoms with E-state index in [0.29, 0.717) is 33.7 Å². The van der Waals surface area contributed by atoms with Gasteiger partial charge >= 0.3 is 5.97 Å². The van der Waals surface area contributed by atoms with Crippen LogP contribution in [0, 0.1) is 6.92 Å². The molecule has 0 aliphatic carbocycles. The Morgan fingerprint density at radius 3 is 2.80 bits per heavy atom. The quantitative estimate of drug-likeness (QED) is 0.668. The number of aryl methyl sites for hydroxylation is 1. The second-order valence-corrected chi connectivity index (χ2v) is 6.02. The molecule has 25 heavy (non-hydrogen) atoms. The van der Waals surface area contributed by atoms with Crippen LogP contribution in [0.1, 0.15) is 25.1 Å². The van der Waals surface area contributed by atoms with E-state index >= 15 is 0 Å². The number of fused-ring (bicyclic) bond motifs is 1. The highest BCUT2D eigenvalue weighted by Gasteiger charge is 2.25. The number of hydrogen-bond donors (Lipinski definition) is 0. The van der Waals surface area contributed by atoms with Crippen LogP contribution in [-0.2, 0) is 9.53 Å². The Morgan fingerprint density at radius 2 is 2.16 bits per heavy atom. The summed E-state index contributed by atoms with van der Waals surface area (Å²) >= 11 is 6.05. The average molecular weight is 361 g/mol. The Hall–Kier alpha value is -2.67. The van der Waals surface area contributed by atoms with E-state index in [4.69, 9.17) is 16.3 Å². The minimum absolute atomic E-state index is 0.345. The third-order valence-electron chi connectivity index (χ3n) is 4.04. The van der Waals surface area contributed by atoms with Crippen LogP contribution in [0.15, 0.2) is 35.3 Å². The topological polar surface area (TPSA) is 79.0 Å². The number of nitrogens with zero attached hydrogens (tertiary/aromatic N) is 4. The zero-order chi connectivity index (χ0) is 18.1. The van der Waals surface area contributed by atoms with Gasteiger partial charge in [0.25, 0.3) is 5.56 Å². The van der Waals surface area contributed by atoms with Crippen LogP contribution in [0.25, 0.3) is 16.6 Å². The third-order valence-corrected chi connectivity index (χ3v) is 4.27. The van der Waals surface area contributed by atoms with Crippen LogP contribution in [-0.4, -0.2) is 32.6 Å². The largest absolute Gasteiger partial charge is 0.467 e. The van der Waals surface area contributed by atoms with E-state index in [2.05, 4.69) is 10.2 Å². The summed E-state index contributed by atoms with van der Waals surface area (Å²) in [7, 11) is 1.29. The van der Waals surface area contributed by atoms with Gasteiger partial charge in [0.1, 0.15) is 5.52 Å². The van der Waals surface area contributed by atoms with E-state index < -0.39 is 17.6 Å². The first kappa shape index (κ1) is 17.2. The molecule has 1 atom stereocenters. The number of hydrogen-bond acceptors (Lipinski definition) is 5. The van der Waals surface area contributed by atoms with Gasteiger partial charge in [0, 0.05) is 10.4 Å². The monoisotopic (exact) mass is 360 g/mol. The van der Waals surface area contributed by atoms with E-state index in [9.17, 15) is 9.59 Å². The molecule has 2 aromatic heterocycles. The summed E-state index contributed by atoms with van der Waals surface area (Å²) < 4.78 is 7.48. The Bertz CT molecular complexity index is 1010. The van der Waals surface area contributed by atoms with Crippen molar-refractivity contribution in [2.75, 3.05) is 7.11 Å². The molecule has 0 bridgehead atoms. The molecular formula is C17H17ClN4O3. The summed E-state index contributed by atoms with van der Waals surface area (Å²) in [5.41, 5.74) is 1.19. The van der Waals surface area contributed by atoms with Crippen molar-refractivity contribution in [1.29, 1.82) is 0 Å². The van der Waals surface area contributed by atoms with Crippen LogP contribution in [0.4, 0.5) is 0 Å². The lowest BCUT2D eigenvalue weighted by molar-refractivity contribution is -0.145. The SMILES string of the molecule is CCC(C(=O)OC)n1nc(C)c2cnn(-c3cccc(Cl)c3)c2c1=O. The normalized spacial score (nSPS) is 12.3. The van der Waals surface area contributed by atoms with Gasteiger partial charge in [-0.1, -0.05) is 24.6 Å². The predicted molar refractivity (Wildman–Crippen MR) is 94.2 cm³/mol. The summed E-state index contributed by atoms with van der Waals surface area (Å²) in [6, 6.07) is 6.25. The van der Waals surface area contributed by atoms with Gasteiger partial charge in [-0.3, -0.25) is 4.79 Å². The second kappa shape index (κ2) is 6.68.